The van der Waals surface area contributed by atoms with E-state index in [0.717, 1.165) is 24.3 Å². The molecular formula is C19H17F3N2O4. The lowest BCUT2D eigenvalue weighted by atomic mass is 10.2. The van der Waals surface area contributed by atoms with Crippen molar-refractivity contribution in [3.8, 4) is 0 Å². The molecular weight excluding hydrogens is 377 g/mol. The Kier molecular flexibility index (Phi) is 6.75. The molecule has 0 heterocycles. The normalized spacial score (nSPS) is 10.9. The molecule has 28 heavy (non-hydrogen) atoms. The first-order chi connectivity index (χ1) is 13.2. The first-order valence-electron chi connectivity index (χ1n) is 8.23. The van der Waals surface area contributed by atoms with E-state index in [1.165, 1.54) is 24.3 Å². The predicted octanol–water partition coefficient (Wildman–Crippen LogP) is 3.85. The molecule has 0 aromatic heterocycles. The molecule has 0 atom stereocenters. The van der Waals surface area contributed by atoms with Gasteiger partial charge in [0.15, 0.2) is 0 Å². The molecule has 0 fully saturated rings. The lowest BCUT2D eigenvalue weighted by molar-refractivity contribution is -0.137. The third-order valence-electron chi connectivity index (χ3n) is 3.50. The van der Waals surface area contributed by atoms with Gasteiger partial charge in [0, 0.05) is 11.4 Å². The summed E-state index contributed by atoms with van der Waals surface area (Å²) in [5.74, 6) is -1.79. The Balaban J connectivity index is 1.87. The number of hydrogen-bond acceptors (Lipinski definition) is 4. The minimum absolute atomic E-state index is 0.143. The van der Waals surface area contributed by atoms with Crippen molar-refractivity contribution in [2.45, 2.75) is 19.5 Å². The summed E-state index contributed by atoms with van der Waals surface area (Å²) < 4.78 is 42.4. The van der Waals surface area contributed by atoms with Crippen LogP contribution in [0.5, 0.6) is 0 Å². The molecule has 0 bridgehead atoms. The maximum Gasteiger partial charge on any atom is 0.416 e. The average Bonchev–Trinajstić information content (AvgIpc) is 2.62. The number of halogens is 3. The van der Waals surface area contributed by atoms with Crippen molar-refractivity contribution < 1.29 is 32.3 Å². The van der Waals surface area contributed by atoms with Crippen molar-refractivity contribution in [3.05, 3.63) is 59.7 Å². The number of carbonyl (C=O) groups excluding carboxylic acids is 3. The van der Waals surface area contributed by atoms with E-state index >= 15 is 0 Å². The van der Waals surface area contributed by atoms with Crippen LogP contribution in [0, 0.1) is 0 Å². The lowest BCUT2D eigenvalue weighted by Crippen LogP contribution is -2.21. The van der Waals surface area contributed by atoms with E-state index in [1.54, 1.807) is 6.92 Å². The van der Waals surface area contributed by atoms with Crippen LogP contribution in [0.1, 0.15) is 29.3 Å². The van der Waals surface area contributed by atoms with Gasteiger partial charge in [-0.3, -0.25) is 9.59 Å². The minimum Gasteiger partial charge on any atom is -0.462 e. The molecule has 2 rings (SSSR count). The summed E-state index contributed by atoms with van der Waals surface area (Å²) in [5, 5.41) is 4.83. The minimum atomic E-state index is -4.47. The predicted molar refractivity (Wildman–Crippen MR) is 95.7 cm³/mol. The number of carbonyl (C=O) groups is 3. The summed E-state index contributed by atoms with van der Waals surface area (Å²) in [4.78, 5) is 35.3. The van der Waals surface area contributed by atoms with Crippen molar-refractivity contribution in [2.75, 3.05) is 17.2 Å². The molecule has 0 aliphatic heterocycles. The molecule has 9 heteroatoms. The standard InChI is InChI=1S/C19H17F3N2O4/c1-2-28-18(27)12-3-7-14(8-4-12)23-16(25)11-17(26)24-15-9-5-13(6-10-15)19(20,21)22/h3-10H,2,11H2,1H3,(H,23,25)(H,24,26). The van der Waals surface area contributed by atoms with Crippen LogP contribution in [-0.2, 0) is 20.5 Å². The summed E-state index contributed by atoms with van der Waals surface area (Å²) in [6.45, 7) is 1.92. The summed E-state index contributed by atoms with van der Waals surface area (Å²) in [6, 6.07) is 9.78. The van der Waals surface area contributed by atoms with Gasteiger partial charge in [-0.15, -0.1) is 0 Å². The second-order valence-electron chi connectivity index (χ2n) is 5.65. The van der Waals surface area contributed by atoms with Gasteiger partial charge in [-0.25, -0.2) is 4.79 Å². The van der Waals surface area contributed by atoms with E-state index < -0.39 is 35.9 Å². The van der Waals surface area contributed by atoms with E-state index in [4.69, 9.17) is 4.74 Å². The first-order valence-corrected chi connectivity index (χ1v) is 8.23. The molecule has 0 radical (unpaired) electrons. The van der Waals surface area contributed by atoms with E-state index in [-0.39, 0.29) is 12.3 Å². The highest BCUT2D eigenvalue weighted by Crippen LogP contribution is 2.29. The molecule has 2 aromatic rings. The molecule has 0 unspecified atom stereocenters. The zero-order valence-corrected chi connectivity index (χ0v) is 14.8. The Bertz CT molecular complexity index is 847. The van der Waals surface area contributed by atoms with Crippen LogP contribution in [-0.4, -0.2) is 24.4 Å². The maximum atomic E-state index is 12.5. The van der Waals surface area contributed by atoms with Crippen molar-refractivity contribution in [2.24, 2.45) is 0 Å². The molecule has 2 aromatic carbocycles. The number of alkyl halides is 3. The fourth-order valence-electron chi connectivity index (χ4n) is 2.20. The highest BCUT2D eigenvalue weighted by molar-refractivity contribution is 6.08. The van der Waals surface area contributed by atoms with Gasteiger partial charge in [0.1, 0.15) is 6.42 Å². The van der Waals surface area contributed by atoms with E-state index in [9.17, 15) is 27.6 Å². The Labute approximate surface area is 158 Å². The molecule has 0 aliphatic carbocycles. The van der Waals surface area contributed by atoms with Crippen LogP contribution in [0.15, 0.2) is 48.5 Å². The molecule has 6 nitrogen and oxygen atoms in total. The zero-order chi connectivity index (χ0) is 20.7. The first kappa shape index (κ1) is 20.9. The van der Waals surface area contributed by atoms with Gasteiger partial charge in [-0.2, -0.15) is 13.2 Å². The van der Waals surface area contributed by atoms with E-state index in [0.29, 0.717) is 11.3 Å². The highest BCUT2D eigenvalue weighted by Gasteiger charge is 2.30. The molecule has 0 saturated carbocycles. The number of hydrogen-bond donors (Lipinski definition) is 2. The van der Waals surface area contributed by atoms with Crippen LogP contribution in [0.3, 0.4) is 0 Å². The van der Waals surface area contributed by atoms with Gasteiger partial charge in [-0.1, -0.05) is 0 Å². The number of ether oxygens (including phenoxy) is 1. The van der Waals surface area contributed by atoms with Crippen molar-refractivity contribution in [3.63, 3.8) is 0 Å². The Morgan fingerprint density at radius 2 is 1.32 bits per heavy atom. The third-order valence-corrected chi connectivity index (χ3v) is 3.50. The van der Waals surface area contributed by atoms with E-state index in [1.807, 2.05) is 0 Å². The number of nitrogens with one attached hydrogen (secondary N) is 2. The molecule has 2 N–H and O–H groups in total. The summed E-state index contributed by atoms with van der Waals surface area (Å²) >= 11 is 0. The topological polar surface area (TPSA) is 84.5 Å². The summed E-state index contributed by atoms with van der Waals surface area (Å²) in [5.41, 5.74) is -0.000582. The second-order valence-corrected chi connectivity index (χ2v) is 5.65. The van der Waals surface area contributed by atoms with Crippen LogP contribution in [0.25, 0.3) is 0 Å². The third kappa shape index (κ3) is 6.11. The maximum absolute atomic E-state index is 12.5. The van der Waals surface area contributed by atoms with Gasteiger partial charge in [0.25, 0.3) is 0 Å². The number of amides is 2. The van der Waals surface area contributed by atoms with Crippen LogP contribution in [0.2, 0.25) is 0 Å². The number of esters is 1. The smallest absolute Gasteiger partial charge is 0.416 e. The number of benzene rings is 2. The van der Waals surface area contributed by atoms with Crippen LogP contribution < -0.4 is 10.6 Å². The Hall–Kier alpha value is -3.36. The van der Waals surface area contributed by atoms with Crippen LogP contribution >= 0.6 is 0 Å². The fourth-order valence-corrected chi connectivity index (χ4v) is 2.20. The van der Waals surface area contributed by atoms with Gasteiger partial charge >= 0.3 is 12.1 Å². The lowest BCUT2D eigenvalue weighted by Gasteiger charge is -2.09. The summed E-state index contributed by atoms with van der Waals surface area (Å²) in [7, 11) is 0. The monoisotopic (exact) mass is 394 g/mol. The molecule has 0 spiro atoms. The van der Waals surface area contributed by atoms with Gasteiger partial charge in [0.2, 0.25) is 11.8 Å². The zero-order valence-electron chi connectivity index (χ0n) is 14.8. The molecule has 0 saturated heterocycles. The summed E-state index contributed by atoms with van der Waals surface area (Å²) in [6.07, 6.45) is -4.99. The molecule has 0 aliphatic rings. The highest BCUT2D eigenvalue weighted by atomic mass is 19.4. The number of rotatable bonds is 6. The Morgan fingerprint density at radius 1 is 0.857 bits per heavy atom. The van der Waals surface area contributed by atoms with Crippen molar-refractivity contribution in [1.29, 1.82) is 0 Å². The number of anilines is 2. The largest absolute Gasteiger partial charge is 0.462 e. The van der Waals surface area contributed by atoms with Crippen LogP contribution in [0.4, 0.5) is 24.5 Å². The van der Waals surface area contributed by atoms with Gasteiger partial charge in [0.05, 0.1) is 17.7 Å². The molecule has 148 valence electrons. The Morgan fingerprint density at radius 3 is 1.75 bits per heavy atom. The molecule has 2 amide bonds. The van der Waals surface area contributed by atoms with E-state index in [2.05, 4.69) is 10.6 Å². The van der Waals surface area contributed by atoms with Crippen molar-refractivity contribution >= 4 is 29.2 Å². The van der Waals surface area contributed by atoms with Gasteiger partial charge in [-0.05, 0) is 55.5 Å². The fraction of sp³-hybridized carbons (Fsp3) is 0.211. The van der Waals surface area contributed by atoms with Gasteiger partial charge < -0.3 is 15.4 Å². The average molecular weight is 394 g/mol. The SMILES string of the molecule is CCOC(=O)c1ccc(NC(=O)CC(=O)Nc2ccc(C(F)(F)F)cc2)cc1. The quantitative estimate of drug-likeness (QED) is 0.576. The second kappa shape index (κ2) is 9.03. The van der Waals surface area contributed by atoms with Crippen molar-refractivity contribution in [1.82, 2.24) is 0 Å².